The van der Waals surface area contributed by atoms with Crippen LogP contribution in [0.25, 0.3) is 77.0 Å². The lowest BCUT2D eigenvalue weighted by Crippen LogP contribution is -2.46. The zero-order chi connectivity index (χ0) is 76.4. The van der Waals surface area contributed by atoms with Crippen molar-refractivity contribution in [3.63, 3.8) is 0 Å². The number of pyridine rings is 4. The number of aliphatic carboxylic acids is 6. The molecule has 0 radical (unpaired) electrons. The number of benzene rings is 6. The molecule has 0 saturated heterocycles. The Hall–Kier alpha value is -13.0. The number of nitrogens with zero attached hydrogens (tertiary/aromatic N) is 10. The number of amides is 4. The van der Waals surface area contributed by atoms with Crippen molar-refractivity contribution >= 4 is 126 Å². The number of carbonyl (C=O) groups is 10. The Bertz CT molecular complexity index is 5130. The average Bonchev–Trinajstić information content (AvgIpc) is 0.777. The highest BCUT2D eigenvalue weighted by atomic mass is 16.4. The number of hydrogen-bond acceptors (Lipinski definition) is 20. The molecule has 22 aliphatic rings. The standard InChI is InChI=1S/C78H74N14O16/c93-65-39-89(45-71(101)102)27-23-87(43-69(97)98)24-28-90(46-72(103)104)41-67(95)85-63-19-11-52(12-20-63)59-33-56-7-8-57-34-60(38-82-78(57)77(56)81-37-59)53-13-21-64(22-14-53)86-68(96)42-92(48-74(107)108)30-26-88(44-70(99)100)25-29-91(47-73(105)106)40-66(94)84-62-17-9-51(10-18-62)58-32-55-6-5-54-31-50(35-79-75(54)76(55)80-36-58)2-1-49-3-15-61(83-65)16-4-49/h3-22,31-38H,23-30,39-48H2,(H,83,93)(H,84,94)(H,85,95)(H,86,96)(H,97,98)(H,99,100)(H,101,102)(H,103,104)(H,105,106)(H,107,108). The molecule has 0 spiro atoms. The number of carbonyl (C=O) groups excluding carboxylic acids is 4. The third-order valence-electron chi connectivity index (χ3n) is 17.6. The SMILES string of the molecule is O=C(O)CN1CCN(CC(=O)O)CC(=O)Nc2ccc(cc2)C#Cc2cnc3c(ccc4cc(cnc43)-c3ccc(cc3)NC(=O)CN(CC(=O)O)CCN(CC(=O)O)CCN(CC(=O)O)CC(=O)Nc3ccc(cc3)-c3cnc4c(ccc5cc(cnc54)-c4ccc(cc4)NC(=O)CN(CC(=O)O)CC1)c3)c2. The average molecular weight is 1460 g/mol. The second-order valence-electron chi connectivity index (χ2n) is 25.8. The fourth-order valence-electron chi connectivity index (χ4n) is 12.4. The molecule has 22 aliphatic heterocycles. The van der Waals surface area contributed by atoms with E-state index in [2.05, 4.69) is 33.1 Å². The van der Waals surface area contributed by atoms with Crippen molar-refractivity contribution < 1.29 is 78.6 Å². The van der Waals surface area contributed by atoms with Crippen LogP contribution < -0.4 is 21.3 Å². The quantitative estimate of drug-likeness (QED) is 0.0490. The maximum atomic E-state index is 13.5. The molecule has 30 heteroatoms. The summed E-state index contributed by atoms with van der Waals surface area (Å²) >= 11 is 0. The van der Waals surface area contributed by atoms with E-state index in [4.69, 9.17) is 19.9 Å². The Morgan fingerprint density at radius 3 is 0.796 bits per heavy atom. The van der Waals surface area contributed by atoms with Crippen LogP contribution in [0.4, 0.5) is 22.7 Å². The largest absolute Gasteiger partial charge is 0.480 e. The smallest absolute Gasteiger partial charge is 0.317 e. The van der Waals surface area contributed by atoms with E-state index < -0.39 is 98.7 Å². The van der Waals surface area contributed by atoms with E-state index in [1.165, 1.54) is 29.4 Å². The van der Waals surface area contributed by atoms with Gasteiger partial charge in [-0.25, -0.2) is 0 Å². The van der Waals surface area contributed by atoms with Gasteiger partial charge in [0.1, 0.15) is 0 Å². The van der Waals surface area contributed by atoms with Crippen molar-refractivity contribution in [2.45, 2.75) is 0 Å². The minimum absolute atomic E-state index is 0.0286. The number of aromatic nitrogens is 4. The van der Waals surface area contributed by atoms with Gasteiger partial charge < -0.3 is 51.9 Å². The first-order valence-electron chi connectivity index (χ1n) is 34.1. The molecule has 10 N–H and O–H groups in total. The van der Waals surface area contributed by atoms with Crippen molar-refractivity contribution in [2.75, 3.05) is 139 Å². The molecule has 32 rings (SSSR count). The number of hydrogen-bond donors (Lipinski definition) is 10. The number of carboxylic acids is 6. The van der Waals surface area contributed by atoms with Gasteiger partial charge in [0, 0.05) is 149 Å². The van der Waals surface area contributed by atoms with Crippen molar-refractivity contribution in [3.05, 3.63) is 182 Å². The molecule has 26 heterocycles. The van der Waals surface area contributed by atoms with Gasteiger partial charge in [0.25, 0.3) is 0 Å². The molecule has 0 fully saturated rings. The summed E-state index contributed by atoms with van der Waals surface area (Å²) in [6.45, 7) is -5.08. The fraction of sp³-hybridized carbons (Fsp3) is 0.231. The van der Waals surface area contributed by atoms with E-state index in [1.54, 1.807) is 122 Å². The number of anilines is 4. The Kier molecular flexibility index (Phi) is 25.1. The van der Waals surface area contributed by atoms with E-state index in [9.17, 15) is 78.6 Å². The van der Waals surface area contributed by atoms with Crippen LogP contribution in [-0.2, 0) is 47.9 Å². The highest BCUT2D eigenvalue weighted by molar-refractivity contribution is 6.06. The summed E-state index contributed by atoms with van der Waals surface area (Å²) in [6.07, 6.45) is 6.74. The molecule has 10 aromatic rings. The van der Waals surface area contributed by atoms with Crippen LogP contribution in [0, 0.1) is 11.8 Å². The molecule has 0 aliphatic carbocycles. The van der Waals surface area contributed by atoms with Crippen LogP contribution >= 0.6 is 0 Å². The van der Waals surface area contributed by atoms with Crippen molar-refractivity contribution in [1.29, 1.82) is 0 Å². The molecular weight excluding hydrogens is 1390 g/mol. The van der Waals surface area contributed by atoms with E-state index >= 15 is 0 Å². The second kappa shape index (κ2) is 35.6. The van der Waals surface area contributed by atoms with Gasteiger partial charge in [-0.2, -0.15) is 0 Å². The van der Waals surface area contributed by atoms with Crippen molar-refractivity contribution in [2.24, 2.45) is 0 Å². The molecule has 30 nitrogen and oxygen atoms in total. The van der Waals surface area contributed by atoms with Gasteiger partial charge >= 0.3 is 35.8 Å². The zero-order valence-corrected chi connectivity index (χ0v) is 58.1. The number of nitrogens with one attached hydrogen (secondary N) is 4. The summed E-state index contributed by atoms with van der Waals surface area (Å²) in [5, 5.41) is 73.2. The lowest BCUT2D eigenvalue weighted by Gasteiger charge is -2.28. The van der Waals surface area contributed by atoms with Gasteiger partial charge in [-0.1, -0.05) is 72.5 Å². The molecule has 4 amide bonds. The molecule has 6 aromatic carbocycles. The minimum Gasteiger partial charge on any atom is -0.480 e. The van der Waals surface area contributed by atoms with Gasteiger partial charge in [-0.15, -0.1) is 0 Å². The van der Waals surface area contributed by atoms with Crippen molar-refractivity contribution in [1.82, 2.24) is 49.3 Å². The lowest BCUT2D eigenvalue weighted by atomic mass is 10.0. The molecule has 108 heavy (non-hydrogen) atoms. The molecule has 552 valence electrons. The van der Waals surface area contributed by atoms with E-state index in [0.29, 0.717) is 55.9 Å². The first-order valence-corrected chi connectivity index (χ1v) is 34.1. The van der Waals surface area contributed by atoms with E-state index in [-0.39, 0.29) is 78.5 Å². The summed E-state index contributed by atoms with van der Waals surface area (Å²) in [5.74, 6) is -3.27. The summed E-state index contributed by atoms with van der Waals surface area (Å²) < 4.78 is 0. The summed E-state index contributed by atoms with van der Waals surface area (Å²) in [6, 6.07) is 42.9. The Labute approximate surface area is 616 Å². The summed E-state index contributed by atoms with van der Waals surface area (Å²) in [5.41, 5.74) is 10.1. The maximum absolute atomic E-state index is 13.5. The predicted octanol–water partition coefficient (Wildman–Crippen LogP) is 6.07. The Morgan fingerprint density at radius 1 is 0.287 bits per heavy atom. The monoisotopic (exact) mass is 1460 g/mol. The number of rotatable bonds is 12. The second-order valence-corrected chi connectivity index (χ2v) is 25.8. The zero-order valence-electron chi connectivity index (χ0n) is 58.1. The van der Waals surface area contributed by atoms with E-state index in [0.717, 1.165) is 54.9 Å². The third-order valence-corrected chi connectivity index (χ3v) is 17.6. The molecule has 4 aromatic heterocycles. The normalized spacial score (nSPS) is 15.4. The van der Waals surface area contributed by atoms with E-state index in [1.807, 2.05) is 48.5 Å². The maximum Gasteiger partial charge on any atom is 0.317 e. The highest BCUT2D eigenvalue weighted by Gasteiger charge is 2.24. The van der Waals surface area contributed by atoms with Crippen LogP contribution in [-0.4, -0.2) is 257 Å². The number of carboxylic acid groups (broad SMARTS) is 6. The van der Waals surface area contributed by atoms with Crippen LogP contribution in [0.2, 0.25) is 0 Å². The highest BCUT2D eigenvalue weighted by Crippen LogP contribution is 2.32. The van der Waals surface area contributed by atoms with Crippen molar-refractivity contribution in [3.8, 4) is 45.2 Å². The predicted molar refractivity (Wildman–Crippen MR) is 402 cm³/mol. The summed E-state index contributed by atoms with van der Waals surface area (Å²) in [4.78, 5) is 153. The molecular formula is C78H74N14O16. The topological polar surface area (TPSA) is 411 Å². The van der Waals surface area contributed by atoms with Crippen LogP contribution in [0.3, 0.4) is 0 Å². The summed E-state index contributed by atoms with van der Waals surface area (Å²) in [7, 11) is 0. The van der Waals surface area contributed by atoms with Crippen LogP contribution in [0.15, 0.2) is 170 Å². The third kappa shape index (κ3) is 21.8. The lowest BCUT2D eigenvalue weighted by molar-refractivity contribution is -0.141. The molecule has 0 saturated carbocycles. The van der Waals surface area contributed by atoms with Crippen LogP contribution in [0.1, 0.15) is 11.1 Å². The molecule has 20 bridgehead atoms. The first-order chi connectivity index (χ1) is 51.9. The molecule has 0 atom stereocenters. The minimum atomic E-state index is -1.23. The first kappa shape index (κ1) is 76.1. The van der Waals surface area contributed by atoms with Crippen LogP contribution in [0.5, 0.6) is 0 Å². The van der Waals surface area contributed by atoms with Gasteiger partial charge in [0.15, 0.2) is 0 Å². The van der Waals surface area contributed by atoms with Gasteiger partial charge in [-0.05, 0) is 102 Å². The Morgan fingerprint density at radius 2 is 0.519 bits per heavy atom. The van der Waals surface area contributed by atoms with Gasteiger partial charge in [0.05, 0.1) is 87.5 Å². The fourth-order valence-corrected chi connectivity index (χ4v) is 12.4. The molecule has 0 unspecified atom stereocenters. The van der Waals surface area contributed by atoms with Gasteiger partial charge in [0.2, 0.25) is 23.6 Å². The van der Waals surface area contributed by atoms with Gasteiger partial charge in [-0.3, -0.25) is 97.3 Å². The Balaban J connectivity index is 0.798.